The molecule has 1 aromatic carbocycles. The molecule has 8 nitrogen and oxygen atoms in total. The average molecular weight is 414 g/mol. The lowest BCUT2D eigenvalue weighted by Gasteiger charge is -2.02. The maximum absolute atomic E-state index is 13.1. The Labute approximate surface area is 167 Å². The monoisotopic (exact) mass is 414 g/mol. The molecule has 0 fully saturated rings. The molecule has 0 radical (unpaired) electrons. The molecule has 0 saturated heterocycles. The molecule has 3 heterocycles. The van der Waals surface area contributed by atoms with Crippen LogP contribution in [0.2, 0.25) is 0 Å². The molecule has 3 aromatic heterocycles. The molecule has 0 atom stereocenters. The van der Waals surface area contributed by atoms with Crippen molar-refractivity contribution in [2.24, 2.45) is 0 Å². The van der Waals surface area contributed by atoms with Gasteiger partial charge in [0.1, 0.15) is 15.5 Å². The number of rotatable bonds is 5. The van der Waals surface area contributed by atoms with Gasteiger partial charge in [-0.2, -0.15) is 4.98 Å². The summed E-state index contributed by atoms with van der Waals surface area (Å²) < 4.78 is 24.6. The lowest BCUT2D eigenvalue weighted by atomic mass is 10.2. The molecule has 4 aromatic rings. The van der Waals surface area contributed by atoms with Gasteiger partial charge in [-0.05, 0) is 43.7 Å². The Morgan fingerprint density at radius 3 is 2.79 bits per heavy atom. The smallest absolute Gasteiger partial charge is 0.348 e. The maximum atomic E-state index is 13.1. The van der Waals surface area contributed by atoms with Crippen LogP contribution in [0.25, 0.3) is 21.7 Å². The van der Waals surface area contributed by atoms with Gasteiger partial charge in [0, 0.05) is 5.56 Å². The first-order valence-electron chi connectivity index (χ1n) is 8.72. The number of nitrogens with zero attached hydrogens (tertiary/aromatic N) is 4. The van der Waals surface area contributed by atoms with E-state index in [0.717, 1.165) is 11.3 Å². The van der Waals surface area contributed by atoms with Gasteiger partial charge in [0.2, 0.25) is 0 Å². The number of carbonyl (C=O) groups is 1. The van der Waals surface area contributed by atoms with E-state index in [1.54, 1.807) is 13.8 Å². The van der Waals surface area contributed by atoms with Crippen molar-refractivity contribution in [1.29, 1.82) is 0 Å². The molecule has 0 aliphatic rings. The minimum Gasteiger partial charge on any atom is -0.462 e. The Balaban J connectivity index is 1.66. The third-order valence-corrected chi connectivity index (χ3v) is 5.43. The van der Waals surface area contributed by atoms with Crippen LogP contribution in [0.1, 0.15) is 28.0 Å². The van der Waals surface area contributed by atoms with E-state index in [9.17, 15) is 14.0 Å². The number of fused-ring (bicyclic) bond motifs is 1. The largest absolute Gasteiger partial charge is 0.462 e. The average Bonchev–Trinajstić information content (AvgIpc) is 3.30. The Morgan fingerprint density at radius 1 is 1.31 bits per heavy atom. The van der Waals surface area contributed by atoms with E-state index in [2.05, 4.69) is 15.1 Å². The summed E-state index contributed by atoms with van der Waals surface area (Å²) in [5.74, 6) is -0.349. The van der Waals surface area contributed by atoms with Crippen molar-refractivity contribution >= 4 is 27.5 Å². The number of benzene rings is 1. The Hall–Kier alpha value is -3.40. The zero-order valence-electron chi connectivity index (χ0n) is 15.5. The Kier molecular flexibility index (Phi) is 4.93. The summed E-state index contributed by atoms with van der Waals surface area (Å²) in [6.07, 6.45) is 1.38. The predicted octanol–water partition coefficient (Wildman–Crippen LogP) is 3.18. The van der Waals surface area contributed by atoms with Crippen molar-refractivity contribution in [3.8, 4) is 11.5 Å². The summed E-state index contributed by atoms with van der Waals surface area (Å²) in [4.78, 5) is 34.3. The van der Waals surface area contributed by atoms with Gasteiger partial charge < -0.3 is 9.26 Å². The Bertz CT molecular complexity index is 1260. The third kappa shape index (κ3) is 3.54. The predicted molar refractivity (Wildman–Crippen MR) is 103 cm³/mol. The van der Waals surface area contributed by atoms with Crippen molar-refractivity contribution in [2.45, 2.75) is 20.4 Å². The summed E-state index contributed by atoms with van der Waals surface area (Å²) in [5.41, 5.74) is 0.793. The van der Waals surface area contributed by atoms with Gasteiger partial charge in [-0.1, -0.05) is 5.16 Å². The second kappa shape index (κ2) is 7.55. The molecule has 0 aliphatic carbocycles. The van der Waals surface area contributed by atoms with E-state index in [0.29, 0.717) is 26.2 Å². The fourth-order valence-corrected chi connectivity index (χ4v) is 3.88. The minimum atomic E-state index is -0.471. The van der Waals surface area contributed by atoms with Gasteiger partial charge in [-0.3, -0.25) is 9.36 Å². The summed E-state index contributed by atoms with van der Waals surface area (Å²) in [7, 11) is 0. The van der Waals surface area contributed by atoms with E-state index >= 15 is 0 Å². The lowest BCUT2D eigenvalue weighted by molar-refractivity contribution is 0.0531. The summed E-state index contributed by atoms with van der Waals surface area (Å²) in [6.45, 7) is 3.70. The third-order valence-electron chi connectivity index (χ3n) is 4.25. The van der Waals surface area contributed by atoms with Crippen LogP contribution in [0.4, 0.5) is 4.39 Å². The van der Waals surface area contributed by atoms with E-state index in [1.165, 1.54) is 35.2 Å². The number of hydrogen-bond acceptors (Lipinski definition) is 8. The van der Waals surface area contributed by atoms with Crippen LogP contribution in [0.15, 0.2) is 39.9 Å². The number of esters is 1. The fraction of sp³-hybridized carbons (Fsp3) is 0.211. The molecule has 4 rings (SSSR count). The van der Waals surface area contributed by atoms with Crippen molar-refractivity contribution < 1.29 is 18.4 Å². The quantitative estimate of drug-likeness (QED) is 0.462. The highest BCUT2D eigenvalue weighted by molar-refractivity contribution is 7.20. The topological polar surface area (TPSA) is 100 Å². The van der Waals surface area contributed by atoms with Gasteiger partial charge >= 0.3 is 5.97 Å². The fourth-order valence-electron chi connectivity index (χ4n) is 2.84. The van der Waals surface area contributed by atoms with Crippen molar-refractivity contribution in [1.82, 2.24) is 19.7 Å². The molecule has 0 saturated carbocycles. The lowest BCUT2D eigenvalue weighted by Crippen LogP contribution is -2.21. The summed E-state index contributed by atoms with van der Waals surface area (Å²) in [5, 5.41) is 4.24. The van der Waals surface area contributed by atoms with Crippen molar-refractivity contribution in [3.63, 3.8) is 0 Å². The number of ether oxygens (including phenoxy) is 1. The van der Waals surface area contributed by atoms with Crippen LogP contribution in [0.5, 0.6) is 0 Å². The minimum absolute atomic E-state index is 0.0382. The van der Waals surface area contributed by atoms with E-state index in [-0.39, 0.29) is 36.2 Å². The second-order valence-electron chi connectivity index (χ2n) is 6.16. The summed E-state index contributed by atoms with van der Waals surface area (Å²) in [6, 6.07) is 5.64. The van der Waals surface area contributed by atoms with Crippen LogP contribution in [-0.4, -0.2) is 32.3 Å². The zero-order valence-corrected chi connectivity index (χ0v) is 16.3. The number of halogens is 1. The van der Waals surface area contributed by atoms with Gasteiger partial charge in [-0.25, -0.2) is 14.2 Å². The maximum Gasteiger partial charge on any atom is 0.348 e. The normalized spacial score (nSPS) is 11.1. The molecule has 10 heteroatoms. The number of hydrogen-bond donors (Lipinski definition) is 0. The van der Waals surface area contributed by atoms with Gasteiger partial charge in [0.15, 0.2) is 5.82 Å². The Morgan fingerprint density at radius 2 is 2.07 bits per heavy atom. The number of aromatic nitrogens is 4. The van der Waals surface area contributed by atoms with Gasteiger partial charge in [-0.15, -0.1) is 11.3 Å². The molecular formula is C19H15FN4O4S. The number of thiophene rings is 1. The molecular weight excluding hydrogens is 399 g/mol. The standard InChI is InChI=1S/C19H15FN4O4S/c1-3-27-19(26)15-10(2)14-17(29-15)21-9-24(18(14)25)8-13-22-16(28-23-13)11-4-6-12(20)7-5-11/h4-7,9H,3,8H2,1-2H3. The molecule has 0 spiro atoms. The summed E-state index contributed by atoms with van der Waals surface area (Å²) >= 11 is 1.12. The van der Waals surface area contributed by atoms with Crippen LogP contribution >= 0.6 is 11.3 Å². The molecule has 0 amide bonds. The highest BCUT2D eigenvalue weighted by Crippen LogP contribution is 2.27. The molecule has 29 heavy (non-hydrogen) atoms. The first kappa shape index (κ1) is 18.9. The first-order chi connectivity index (χ1) is 14.0. The molecule has 0 N–H and O–H groups in total. The van der Waals surface area contributed by atoms with Gasteiger partial charge in [0.25, 0.3) is 11.4 Å². The highest BCUT2D eigenvalue weighted by Gasteiger charge is 2.21. The van der Waals surface area contributed by atoms with E-state index in [1.807, 2.05) is 0 Å². The van der Waals surface area contributed by atoms with Crippen LogP contribution in [0.3, 0.4) is 0 Å². The SMILES string of the molecule is CCOC(=O)c1sc2ncn(Cc3noc(-c4ccc(F)cc4)n3)c(=O)c2c1C. The van der Waals surface area contributed by atoms with E-state index < -0.39 is 5.97 Å². The molecule has 148 valence electrons. The van der Waals surface area contributed by atoms with Crippen LogP contribution in [0, 0.1) is 12.7 Å². The zero-order chi connectivity index (χ0) is 20.5. The second-order valence-corrected chi connectivity index (χ2v) is 7.16. The van der Waals surface area contributed by atoms with Crippen molar-refractivity contribution in [2.75, 3.05) is 6.61 Å². The van der Waals surface area contributed by atoms with Crippen molar-refractivity contribution in [3.05, 3.63) is 63.0 Å². The van der Waals surface area contributed by atoms with Crippen LogP contribution in [-0.2, 0) is 11.3 Å². The molecule has 0 aliphatic heterocycles. The molecule has 0 bridgehead atoms. The van der Waals surface area contributed by atoms with Gasteiger partial charge in [0.05, 0.1) is 24.9 Å². The number of aryl methyl sites for hydroxylation is 1. The first-order valence-corrected chi connectivity index (χ1v) is 9.53. The highest BCUT2D eigenvalue weighted by atomic mass is 32.1. The van der Waals surface area contributed by atoms with Crippen LogP contribution < -0.4 is 5.56 Å². The van der Waals surface area contributed by atoms with E-state index in [4.69, 9.17) is 9.26 Å². The number of carbonyl (C=O) groups excluding carboxylic acids is 1. The molecule has 0 unspecified atom stereocenters.